The van der Waals surface area contributed by atoms with Gasteiger partial charge in [0.05, 0.1) is 12.3 Å². The number of rotatable bonds is 7. The zero-order valence-electron chi connectivity index (χ0n) is 13.7. The van der Waals surface area contributed by atoms with E-state index < -0.39 is 12.1 Å². The first-order valence-electron chi connectivity index (χ1n) is 7.63. The lowest BCUT2D eigenvalue weighted by Gasteiger charge is -2.23. The molecular weight excluding hydrogens is 327 g/mol. The van der Waals surface area contributed by atoms with Crippen molar-refractivity contribution in [2.45, 2.75) is 26.1 Å². The van der Waals surface area contributed by atoms with Gasteiger partial charge in [0.25, 0.3) is 0 Å². The van der Waals surface area contributed by atoms with Crippen molar-refractivity contribution in [2.24, 2.45) is 5.16 Å². The highest BCUT2D eigenvalue weighted by Crippen LogP contribution is 2.16. The van der Waals surface area contributed by atoms with Crippen molar-refractivity contribution in [3.8, 4) is 5.75 Å². The predicted octanol–water partition coefficient (Wildman–Crippen LogP) is 3.73. The summed E-state index contributed by atoms with van der Waals surface area (Å²) >= 11 is 0. The molecule has 1 unspecified atom stereocenters. The smallest absolute Gasteiger partial charge is 0.408 e. The summed E-state index contributed by atoms with van der Waals surface area (Å²) in [6.07, 6.45) is 0.0312. The summed E-state index contributed by atoms with van der Waals surface area (Å²) in [6.45, 7) is 2.00. The molecule has 0 aliphatic carbocycles. The Hall–Kier alpha value is -3.09. The first-order valence-corrected chi connectivity index (χ1v) is 7.63. The fourth-order valence-electron chi connectivity index (χ4n) is 2.24. The molecule has 0 saturated carbocycles. The molecule has 2 N–H and O–H groups in total. The van der Waals surface area contributed by atoms with Gasteiger partial charge in [-0.1, -0.05) is 29.4 Å². The molecule has 0 aliphatic rings. The minimum absolute atomic E-state index is 0.146. The van der Waals surface area contributed by atoms with Crippen LogP contribution in [0.4, 0.5) is 9.18 Å². The van der Waals surface area contributed by atoms with E-state index in [-0.39, 0.29) is 19.0 Å². The van der Waals surface area contributed by atoms with Crippen LogP contribution in [0.25, 0.3) is 0 Å². The molecule has 2 aromatic rings. The van der Waals surface area contributed by atoms with Gasteiger partial charge in [-0.15, -0.1) is 0 Å². The Balaban J connectivity index is 1.97. The van der Waals surface area contributed by atoms with Gasteiger partial charge in [-0.2, -0.15) is 0 Å². The lowest BCUT2D eigenvalue weighted by molar-refractivity contribution is 0.137. The first kappa shape index (κ1) is 18.3. The fourth-order valence-corrected chi connectivity index (χ4v) is 2.24. The van der Waals surface area contributed by atoms with Gasteiger partial charge >= 0.3 is 6.09 Å². The maximum atomic E-state index is 13.1. The third kappa shape index (κ3) is 5.49. The normalized spacial score (nSPS) is 12.1. The highest BCUT2D eigenvalue weighted by atomic mass is 19.1. The average molecular weight is 346 g/mol. The summed E-state index contributed by atoms with van der Waals surface area (Å²) < 4.78 is 18.7. The third-order valence-corrected chi connectivity index (χ3v) is 3.59. The van der Waals surface area contributed by atoms with Gasteiger partial charge in [-0.3, -0.25) is 4.90 Å². The van der Waals surface area contributed by atoms with Gasteiger partial charge in [0.15, 0.2) is 0 Å². The van der Waals surface area contributed by atoms with E-state index in [0.717, 1.165) is 22.2 Å². The van der Waals surface area contributed by atoms with Crippen LogP contribution in [0.3, 0.4) is 0 Å². The Bertz CT molecular complexity index is 734. The molecule has 0 aromatic heterocycles. The monoisotopic (exact) mass is 346 g/mol. The second-order valence-electron chi connectivity index (χ2n) is 5.48. The fraction of sp³-hybridized carbons (Fsp3) is 0.222. The molecule has 0 radical (unpaired) electrons. The highest BCUT2D eigenvalue weighted by Gasteiger charge is 2.18. The molecule has 1 amide bonds. The van der Waals surface area contributed by atoms with Gasteiger partial charge in [0.1, 0.15) is 18.2 Å². The summed E-state index contributed by atoms with van der Waals surface area (Å²) in [6, 6.07) is 12.5. The zero-order valence-corrected chi connectivity index (χ0v) is 13.7. The Kier molecular flexibility index (Phi) is 6.33. The zero-order chi connectivity index (χ0) is 18.2. The number of halogens is 1. The average Bonchev–Trinajstić information content (AvgIpc) is 2.59. The Labute approximate surface area is 144 Å². The van der Waals surface area contributed by atoms with E-state index in [2.05, 4.69) is 5.16 Å². The number of hydrogen-bond acceptors (Lipinski definition) is 4. The summed E-state index contributed by atoms with van der Waals surface area (Å²) in [5.74, 6) is 0.283. The maximum Gasteiger partial charge on any atom is 0.408 e. The number of benzene rings is 2. The Morgan fingerprint density at radius 2 is 2.00 bits per heavy atom. The Morgan fingerprint density at radius 3 is 2.60 bits per heavy atom. The lowest BCUT2D eigenvalue weighted by Crippen LogP contribution is -2.37. The summed E-state index contributed by atoms with van der Waals surface area (Å²) in [4.78, 5) is 12.4. The van der Waals surface area contributed by atoms with E-state index in [9.17, 15) is 14.3 Å². The second-order valence-corrected chi connectivity index (χ2v) is 5.48. The van der Waals surface area contributed by atoms with Crippen LogP contribution in [-0.4, -0.2) is 33.6 Å². The SMILES string of the molecule is CC(/C=N/O)N(Cc1ccc(OCc2cccc(F)c2)cc1)C(=O)O. The minimum Gasteiger partial charge on any atom is -0.489 e. The molecule has 1 atom stereocenters. The van der Waals surface area contributed by atoms with Crippen LogP contribution in [0.1, 0.15) is 18.1 Å². The number of carbonyl (C=O) groups is 1. The third-order valence-electron chi connectivity index (χ3n) is 3.59. The van der Waals surface area contributed by atoms with E-state index >= 15 is 0 Å². The minimum atomic E-state index is -1.11. The first-order chi connectivity index (χ1) is 12.0. The summed E-state index contributed by atoms with van der Waals surface area (Å²) in [5.41, 5.74) is 1.48. The molecule has 0 fully saturated rings. The van der Waals surface area contributed by atoms with Gasteiger partial charge < -0.3 is 15.1 Å². The number of carboxylic acid groups (broad SMARTS) is 1. The maximum absolute atomic E-state index is 13.1. The highest BCUT2D eigenvalue weighted by molar-refractivity contribution is 5.73. The lowest BCUT2D eigenvalue weighted by atomic mass is 10.2. The molecular formula is C18H19FN2O4. The molecule has 0 bridgehead atoms. The molecule has 0 spiro atoms. The van der Waals surface area contributed by atoms with Crippen molar-refractivity contribution in [1.82, 2.24) is 4.90 Å². The van der Waals surface area contributed by atoms with Crippen molar-refractivity contribution < 1.29 is 24.2 Å². The van der Waals surface area contributed by atoms with E-state index in [1.54, 1.807) is 43.3 Å². The van der Waals surface area contributed by atoms with E-state index in [1.165, 1.54) is 12.1 Å². The molecule has 0 aliphatic heterocycles. The van der Waals surface area contributed by atoms with Gasteiger partial charge in [0, 0.05) is 6.54 Å². The van der Waals surface area contributed by atoms with Crippen molar-refractivity contribution in [3.63, 3.8) is 0 Å². The second kappa shape index (κ2) is 8.68. The quantitative estimate of drug-likeness (QED) is 0.455. The van der Waals surface area contributed by atoms with Crippen LogP contribution in [0.15, 0.2) is 53.7 Å². The van der Waals surface area contributed by atoms with Crippen LogP contribution >= 0.6 is 0 Å². The molecule has 25 heavy (non-hydrogen) atoms. The van der Waals surface area contributed by atoms with Crippen LogP contribution < -0.4 is 4.74 Å². The number of oxime groups is 1. The number of ether oxygens (including phenoxy) is 1. The summed E-state index contributed by atoms with van der Waals surface area (Å²) in [7, 11) is 0. The van der Waals surface area contributed by atoms with Crippen LogP contribution in [0, 0.1) is 5.82 Å². The van der Waals surface area contributed by atoms with Crippen molar-refractivity contribution in [1.29, 1.82) is 0 Å². The molecule has 132 valence electrons. The molecule has 0 heterocycles. The number of nitrogens with zero attached hydrogens (tertiary/aromatic N) is 2. The van der Waals surface area contributed by atoms with Gasteiger partial charge in [-0.25, -0.2) is 9.18 Å². The van der Waals surface area contributed by atoms with E-state index in [4.69, 9.17) is 9.94 Å². The predicted molar refractivity (Wildman–Crippen MR) is 90.5 cm³/mol. The van der Waals surface area contributed by atoms with Crippen molar-refractivity contribution in [3.05, 3.63) is 65.5 Å². The molecule has 6 nitrogen and oxygen atoms in total. The molecule has 7 heteroatoms. The van der Waals surface area contributed by atoms with E-state index in [1.807, 2.05) is 0 Å². The largest absolute Gasteiger partial charge is 0.489 e. The van der Waals surface area contributed by atoms with E-state index in [0.29, 0.717) is 5.75 Å². The van der Waals surface area contributed by atoms with Gasteiger partial charge in [-0.05, 0) is 42.3 Å². The number of hydrogen-bond donors (Lipinski definition) is 2. The van der Waals surface area contributed by atoms with Crippen molar-refractivity contribution >= 4 is 12.3 Å². The van der Waals surface area contributed by atoms with Gasteiger partial charge in [0.2, 0.25) is 0 Å². The topological polar surface area (TPSA) is 82.4 Å². The summed E-state index contributed by atoms with van der Waals surface area (Å²) in [5, 5.41) is 20.7. The standard InChI is InChI=1S/C18H19FN2O4/c1-13(10-20-24)21(18(22)23)11-14-5-7-17(8-6-14)25-12-15-3-2-4-16(19)9-15/h2-10,13,24H,11-12H2,1H3,(H,22,23)/b20-10+. The molecule has 0 saturated heterocycles. The number of amides is 1. The molecule has 2 rings (SSSR count). The van der Waals surface area contributed by atoms with Crippen LogP contribution in [0.2, 0.25) is 0 Å². The Morgan fingerprint density at radius 1 is 1.28 bits per heavy atom. The van der Waals surface area contributed by atoms with Crippen molar-refractivity contribution in [2.75, 3.05) is 0 Å². The molecule has 2 aromatic carbocycles. The van der Waals surface area contributed by atoms with Crippen LogP contribution in [0.5, 0.6) is 5.75 Å². The van der Waals surface area contributed by atoms with Crippen LogP contribution in [-0.2, 0) is 13.2 Å².